The smallest absolute Gasteiger partial charge is 0.227 e. The SMILES string of the molecule is CCCC[C@H](O)CN(CCOC)Cc1c(C)nn(-c2ccc(F)cc2)c1Oc1ccccc1F. The Balaban J connectivity index is 1.98. The summed E-state index contributed by atoms with van der Waals surface area (Å²) in [5.41, 5.74) is 2.04. The Hall–Kier alpha value is -2.81. The van der Waals surface area contributed by atoms with Crippen LogP contribution in [-0.2, 0) is 11.3 Å². The number of halogens is 2. The molecular formula is C26H33F2N3O3. The Kier molecular flexibility index (Phi) is 9.56. The molecule has 1 aromatic heterocycles. The summed E-state index contributed by atoms with van der Waals surface area (Å²) in [6.07, 6.45) is 2.20. The molecule has 0 radical (unpaired) electrons. The highest BCUT2D eigenvalue weighted by Crippen LogP contribution is 2.33. The molecule has 8 heteroatoms. The highest BCUT2D eigenvalue weighted by atomic mass is 19.1. The van der Waals surface area contributed by atoms with E-state index in [1.165, 1.54) is 18.2 Å². The molecule has 0 amide bonds. The van der Waals surface area contributed by atoms with Crippen LogP contribution in [0.25, 0.3) is 5.69 Å². The molecule has 2 aromatic carbocycles. The van der Waals surface area contributed by atoms with Crippen LogP contribution in [0, 0.1) is 18.6 Å². The summed E-state index contributed by atoms with van der Waals surface area (Å²) in [7, 11) is 1.64. The Labute approximate surface area is 199 Å². The molecular weight excluding hydrogens is 440 g/mol. The minimum absolute atomic E-state index is 0.0680. The summed E-state index contributed by atoms with van der Waals surface area (Å²) in [4.78, 5) is 2.08. The van der Waals surface area contributed by atoms with Crippen LogP contribution in [0.15, 0.2) is 48.5 Å². The van der Waals surface area contributed by atoms with Crippen LogP contribution in [0.2, 0.25) is 0 Å². The molecule has 3 rings (SSSR count). The molecule has 0 saturated heterocycles. The van der Waals surface area contributed by atoms with Gasteiger partial charge in [0.15, 0.2) is 11.6 Å². The number of hydrogen-bond donors (Lipinski definition) is 1. The number of benzene rings is 2. The monoisotopic (exact) mass is 473 g/mol. The molecule has 34 heavy (non-hydrogen) atoms. The van der Waals surface area contributed by atoms with E-state index in [1.54, 1.807) is 42.1 Å². The van der Waals surface area contributed by atoms with Crippen LogP contribution in [0.4, 0.5) is 8.78 Å². The summed E-state index contributed by atoms with van der Waals surface area (Å²) in [5, 5.41) is 15.2. The van der Waals surface area contributed by atoms with Crippen molar-refractivity contribution < 1.29 is 23.4 Å². The average Bonchev–Trinajstić information content (AvgIpc) is 3.12. The van der Waals surface area contributed by atoms with Gasteiger partial charge < -0.3 is 14.6 Å². The Morgan fingerprint density at radius 1 is 1.12 bits per heavy atom. The van der Waals surface area contributed by atoms with Gasteiger partial charge in [-0.05, 0) is 49.7 Å². The van der Waals surface area contributed by atoms with E-state index in [0.29, 0.717) is 49.9 Å². The predicted octanol–water partition coefficient (Wildman–Crippen LogP) is 5.25. The topological polar surface area (TPSA) is 59.8 Å². The molecule has 3 aromatic rings. The van der Waals surface area contributed by atoms with Gasteiger partial charge in [-0.15, -0.1) is 0 Å². The molecule has 0 fully saturated rings. The van der Waals surface area contributed by atoms with Crippen LogP contribution >= 0.6 is 0 Å². The lowest BCUT2D eigenvalue weighted by Gasteiger charge is -2.25. The summed E-state index contributed by atoms with van der Waals surface area (Å²) in [6, 6.07) is 12.0. The van der Waals surface area contributed by atoms with Crippen LogP contribution < -0.4 is 4.74 Å². The molecule has 0 aliphatic rings. The lowest BCUT2D eigenvalue weighted by Crippen LogP contribution is -2.34. The number of unbranched alkanes of at least 4 members (excludes halogenated alkanes) is 1. The third-order valence-electron chi connectivity index (χ3n) is 5.60. The van der Waals surface area contributed by atoms with Gasteiger partial charge in [0.25, 0.3) is 0 Å². The van der Waals surface area contributed by atoms with Crippen molar-refractivity contribution in [1.82, 2.24) is 14.7 Å². The zero-order valence-corrected chi connectivity index (χ0v) is 20.0. The summed E-state index contributed by atoms with van der Waals surface area (Å²) >= 11 is 0. The molecule has 1 atom stereocenters. The van der Waals surface area contributed by atoms with Gasteiger partial charge in [0, 0.05) is 26.7 Å². The number of nitrogens with zero attached hydrogens (tertiary/aromatic N) is 3. The molecule has 0 spiro atoms. The first-order chi connectivity index (χ1) is 16.4. The number of aliphatic hydroxyl groups is 1. The number of aliphatic hydroxyl groups excluding tert-OH is 1. The highest BCUT2D eigenvalue weighted by molar-refractivity contribution is 5.43. The third-order valence-corrected chi connectivity index (χ3v) is 5.60. The van der Waals surface area contributed by atoms with Gasteiger partial charge in [-0.1, -0.05) is 31.9 Å². The lowest BCUT2D eigenvalue weighted by atomic mass is 10.1. The molecule has 6 nitrogen and oxygen atoms in total. The van der Waals surface area contributed by atoms with Crippen LogP contribution in [0.3, 0.4) is 0 Å². The van der Waals surface area contributed by atoms with E-state index in [2.05, 4.69) is 16.9 Å². The fraction of sp³-hybridized carbons (Fsp3) is 0.423. The molecule has 0 aliphatic carbocycles. The molecule has 1 heterocycles. The molecule has 0 saturated carbocycles. The standard InChI is InChI=1S/C26H33F2N3O3/c1-4-5-8-22(32)17-30(15-16-33-3)18-23-19(2)29-31(21-13-11-20(27)12-14-21)26(23)34-25-10-7-6-9-24(25)28/h6-7,9-14,22,32H,4-5,8,15-18H2,1-3H3/t22-/m0/s1. The van der Waals surface area contributed by atoms with E-state index in [0.717, 1.165) is 18.4 Å². The number of aryl methyl sites for hydroxylation is 1. The van der Waals surface area contributed by atoms with Crippen molar-refractivity contribution in [3.05, 3.63) is 71.4 Å². The second kappa shape index (κ2) is 12.6. The van der Waals surface area contributed by atoms with Gasteiger partial charge in [-0.2, -0.15) is 5.10 Å². The predicted molar refractivity (Wildman–Crippen MR) is 127 cm³/mol. The van der Waals surface area contributed by atoms with Crippen molar-refractivity contribution in [1.29, 1.82) is 0 Å². The summed E-state index contributed by atoms with van der Waals surface area (Å²) in [6.45, 7) is 5.92. The second-order valence-electron chi connectivity index (χ2n) is 8.31. The first kappa shape index (κ1) is 25.8. The van der Waals surface area contributed by atoms with E-state index in [1.807, 2.05) is 6.92 Å². The van der Waals surface area contributed by atoms with Gasteiger partial charge >= 0.3 is 0 Å². The number of ether oxygens (including phenoxy) is 2. The number of aromatic nitrogens is 2. The molecule has 0 aliphatic heterocycles. The van der Waals surface area contributed by atoms with Gasteiger partial charge in [0.2, 0.25) is 5.88 Å². The van der Waals surface area contributed by atoms with Crippen LogP contribution in [-0.4, -0.2) is 52.7 Å². The van der Waals surface area contributed by atoms with E-state index in [4.69, 9.17) is 9.47 Å². The Bertz CT molecular complexity index is 1040. The third kappa shape index (κ3) is 6.85. The molecule has 184 valence electrons. The van der Waals surface area contributed by atoms with E-state index >= 15 is 0 Å². The van der Waals surface area contributed by atoms with Gasteiger partial charge in [-0.25, -0.2) is 13.5 Å². The van der Waals surface area contributed by atoms with Gasteiger partial charge in [0.05, 0.1) is 29.7 Å². The normalized spacial score (nSPS) is 12.3. The molecule has 0 unspecified atom stereocenters. The fourth-order valence-corrected chi connectivity index (χ4v) is 3.72. The van der Waals surface area contributed by atoms with E-state index in [9.17, 15) is 13.9 Å². The first-order valence-electron chi connectivity index (χ1n) is 11.6. The number of hydrogen-bond acceptors (Lipinski definition) is 5. The minimum Gasteiger partial charge on any atom is -0.435 e. The maximum atomic E-state index is 14.5. The molecule has 1 N–H and O–H groups in total. The van der Waals surface area contributed by atoms with Crippen molar-refractivity contribution in [2.45, 2.75) is 45.8 Å². The van der Waals surface area contributed by atoms with Gasteiger partial charge in [0.1, 0.15) is 5.82 Å². The largest absolute Gasteiger partial charge is 0.435 e. The van der Waals surface area contributed by atoms with Gasteiger partial charge in [-0.3, -0.25) is 4.90 Å². The maximum Gasteiger partial charge on any atom is 0.227 e. The Morgan fingerprint density at radius 2 is 1.85 bits per heavy atom. The Morgan fingerprint density at radius 3 is 2.53 bits per heavy atom. The summed E-state index contributed by atoms with van der Waals surface area (Å²) < 4.78 is 40.9. The minimum atomic E-state index is -0.496. The maximum absolute atomic E-state index is 14.5. The van der Waals surface area contributed by atoms with Crippen molar-refractivity contribution in [3.63, 3.8) is 0 Å². The first-order valence-corrected chi connectivity index (χ1v) is 11.6. The number of methoxy groups -OCH3 is 1. The lowest BCUT2D eigenvalue weighted by molar-refractivity contribution is 0.0786. The highest BCUT2D eigenvalue weighted by Gasteiger charge is 2.23. The van der Waals surface area contributed by atoms with Crippen molar-refractivity contribution in [3.8, 4) is 17.3 Å². The van der Waals surface area contributed by atoms with Crippen molar-refractivity contribution in [2.75, 3.05) is 26.8 Å². The molecule has 0 bridgehead atoms. The van der Waals surface area contributed by atoms with Crippen LogP contribution in [0.5, 0.6) is 11.6 Å². The summed E-state index contributed by atoms with van der Waals surface area (Å²) in [5.74, 6) is -0.446. The fourth-order valence-electron chi connectivity index (χ4n) is 3.72. The second-order valence-corrected chi connectivity index (χ2v) is 8.31. The zero-order chi connectivity index (χ0) is 24.5. The number of para-hydroxylation sites is 1. The van der Waals surface area contributed by atoms with E-state index < -0.39 is 11.9 Å². The average molecular weight is 474 g/mol. The van der Waals surface area contributed by atoms with Crippen molar-refractivity contribution in [2.24, 2.45) is 0 Å². The van der Waals surface area contributed by atoms with Crippen LogP contribution in [0.1, 0.15) is 37.4 Å². The van der Waals surface area contributed by atoms with E-state index in [-0.39, 0.29) is 11.6 Å². The number of rotatable bonds is 13. The van der Waals surface area contributed by atoms with Crippen molar-refractivity contribution >= 4 is 0 Å². The zero-order valence-electron chi connectivity index (χ0n) is 20.0. The quantitative estimate of drug-likeness (QED) is 0.367.